The Hall–Kier alpha value is -3.64. The van der Waals surface area contributed by atoms with Crippen LogP contribution in [0.2, 0.25) is 0 Å². The number of hydrogen-bond acceptors (Lipinski definition) is 4. The predicted molar refractivity (Wildman–Crippen MR) is 139 cm³/mol. The summed E-state index contributed by atoms with van der Waals surface area (Å²) in [6.45, 7) is 8.15. The Labute approximate surface area is 201 Å². The molecule has 0 bridgehead atoms. The van der Waals surface area contributed by atoms with E-state index in [1.165, 1.54) is 5.56 Å². The molecule has 2 aliphatic carbocycles. The van der Waals surface area contributed by atoms with E-state index < -0.39 is 10.0 Å². The number of fused-ring (bicyclic) bond motifs is 1. The smallest absolute Gasteiger partial charge is 0.262 e. The number of phenolic OH excluding ortho intramolecular Hbond substituents is 1. The van der Waals surface area contributed by atoms with Crippen LogP contribution in [0.25, 0.3) is 11.1 Å². The van der Waals surface area contributed by atoms with Crippen LogP contribution in [0, 0.1) is 13.8 Å². The summed E-state index contributed by atoms with van der Waals surface area (Å²) >= 11 is 0. The highest BCUT2D eigenvalue weighted by Gasteiger charge is 2.25. The summed E-state index contributed by atoms with van der Waals surface area (Å²) in [5, 5.41) is 9.85. The molecule has 174 valence electrons. The van der Waals surface area contributed by atoms with Crippen LogP contribution >= 0.6 is 0 Å². The van der Waals surface area contributed by atoms with Gasteiger partial charge in [-0.05, 0) is 84.5 Å². The van der Waals surface area contributed by atoms with Gasteiger partial charge in [0.05, 0.1) is 10.6 Å². The van der Waals surface area contributed by atoms with Gasteiger partial charge in [0.1, 0.15) is 5.75 Å². The molecule has 0 saturated carbocycles. The van der Waals surface area contributed by atoms with Gasteiger partial charge in [-0.1, -0.05) is 44.2 Å². The molecular weight excluding hydrogens is 444 g/mol. The van der Waals surface area contributed by atoms with E-state index in [0.29, 0.717) is 22.9 Å². The van der Waals surface area contributed by atoms with Crippen LogP contribution in [0.4, 0.5) is 11.4 Å². The third-order valence-electron chi connectivity index (χ3n) is 5.88. The number of anilines is 1. The number of aromatic hydroxyl groups is 1. The van der Waals surface area contributed by atoms with E-state index in [0.717, 1.165) is 22.3 Å². The van der Waals surface area contributed by atoms with Crippen LogP contribution in [-0.2, 0) is 10.0 Å². The molecule has 0 spiro atoms. The van der Waals surface area contributed by atoms with Crippen molar-refractivity contribution in [2.75, 3.05) is 4.72 Å². The van der Waals surface area contributed by atoms with E-state index in [1.807, 2.05) is 26.0 Å². The Bertz CT molecular complexity index is 1440. The fraction of sp³-hybridized carbons (Fsp3) is 0.179. The Morgan fingerprint density at radius 1 is 0.912 bits per heavy atom. The van der Waals surface area contributed by atoms with Crippen molar-refractivity contribution in [3.05, 3.63) is 95.1 Å². The first-order valence-electron chi connectivity index (χ1n) is 11.1. The Morgan fingerprint density at radius 2 is 1.62 bits per heavy atom. The average Bonchev–Trinajstić information content (AvgIpc) is 3.02. The van der Waals surface area contributed by atoms with E-state index >= 15 is 0 Å². The largest absolute Gasteiger partial charge is 0.507 e. The molecule has 6 heteroatoms. The SMILES string of the molecule is Cc1cc(S(=O)(=O)Nc2ccc(N=Cc3ccccc3O)cc2)c2c(C)ccc(C(C)C)cc1-2. The number of nitrogens with zero attached hydrogens (tertiary/aromatic N) is 1. The van der Waals surface area contributed by atoms with E-state index in [-0.39, 0.29) is 10.6 Å². The molecule has 0 saturated heterocycles. The van der Waals surface area contributed by atoms with E-state index in [1.54, 1.807) is 54.7 Å². The third kappa shape index (κ3) is 4.82. The zero-order valence-electron chi connectivity index (χ0n) is 19.7. The first-order valence-corrected chi connectivity index (χ1v) is 12.6. The zero-order chi connectivity index (χ0) is 24.5. The predicted octanol–water partition coefficient (Wildman–Crippen LogP) is 6.79. The number of para-hydroxylation sites is 1. The van der Waals surface area contributed by atoms with Gasteiger partial charge in [-0.15, -0.1) is 0 Å². The van der Waals surface area contributed by atoms with Crippen LogP contribution in [-0.4, -0.2) is 19.7 Å². The second kappa shape index (κ2) is 9.31. The Morgan fingerprint density at radius 3 is 2.29 bits per heavy atom. The monoisotopic (exact) mass is 472 g/mol. The van der Waals surface area contributed by atoms with Gasteiger partial charge < -0.3 is 5.11 Å². The van der Waals surface area contributed by atoms with Gasteiger partial charge in [0.25, 0.3) is 10.0 Å². The Kier molecular flexibility index (Phi) is 6.44. The average molecular weight is 473 g/mol. The molecule has 0 heterocycles. The van der Waals surface area contributed by atoms with Crippen molar-refractivity contribution in [1.29, 1.82) is 0 Å². The van der Waals surface area contributed by atoms with Gasteiger partial charge in [0.15, 0.2) is 0 Å². The van der Waals surface area contributed by atoms with Crippen LogP contribution in [0.1, 0.15) is 42.0 Å². The molecule has 0 aromatic heterocycles. The molecule has 2 N–H and O–H groups in total. The molecule has 2 aliphatic rings. The van der Waals surface area contributed by atoms with Gasteiger partial charge in [0.2, 0.25) is 0 Å². The standard InChI is InChI=1S/C28H28N2O3S/c1-18(2)21-10-9-19(3)28-25(16-21)20(4)15-27(28)34(32,33)30-24-13-11-23(12-14-24)29-17-22-7-5-6-8-26(22)31/h5-18,30-31H,1-4H3. The normalized spacial score (nSPS) is 12.0. The summed E-state index contributed by atoms with van der Waals surface area (Å²) in [5.41, 5.74) is 6.44. The number of aliphatic imine (C=N–C) groups is 1. The van der Waals surface area contributed by atoms with Gasteiger partial charge in [0, 0.05) is 23.0 Å². The summed E-state index contributed by atoms with van der Waals surface area (Å²) in [4.78, 5) is 4.64. The molecule has 0 radical (unpaired) electrons. The molecule has 2 aromatic carbocycles. The zero-order valence-corrected chi connectivity index (χ0v) is 20.5. The molecule has 0 aliphatic heterocycles. The lowest BCUT2D eigenvalue weighted by Crippen LogP contribution is -2.13. The molecule has 4 rings (SSSR count). The number of nitrogens with one attached hydrogen (secondary N) is 1. The summed E-state index contributed by atoms with van der Waals surface area (Å²) in [5.74, 6) is 0.492. The van der Waals surface area contributed by atoms with Gasteiger partial charge in [-0.2, -0.15) is 0 Å². The Balaban J connectivity index is 1.61. The molecule has 0 unspecified atom stereocenters. The number of aryl methyl sites for hydroxylation is 2. The highest BCUT2D eigenvalue weighted by molar-refractivity contribution is 7.92. The number of hydrogen-bond donors (Lipinski definition) is 2. The van der Waals surface area contributed by atoms with Gasteiger partial charge in [-0.3, -0.25) is 9.71 Å². The quantitative estimate of drug-likeness (QED) is 0.303. The maximum Gasteiger partial charge on any atom is 0.262 e. The lowest BCUT2D eigenvalue weighted by Gasteiger charge is -2.10. The number of phenols is 1. The van der Waals surface area contributed by atoms with Crippen molar-refractivity contribution in [2.24, 2.45) is 4.99 Å². The highest BCUT2D eigenvalue weighted by Crippen LogP contribution is 2.39. The van der Waals surface area contributed by atoms with E-state index in [2.05, 4.69) is 35.7 Å². The van der Waals surface area contributed by atoms with E-state index in [9.17, 15) is 13.5 Å². The van der Waals surface area contributed by atoms with Crippen molar-refractivity contribution < 1.29 is 13.5 Å². The van der Waals surface area contributed by atoms with Crippen LogP contribution in [0.3, 0.4) is 0 Å². The lowest BCUT2D eigenvalue weighted by molar-refractivity contribution is 0.474. The van der Waals surface area contributed by atoms with Gasteiger partial charge in [-0.25, -0.2) is 8.42 Å². The van der Waals surface area contributed by atoms with Crippen molar-refractivity contribution in [2.45, 2.75) is 38.5 Å². The first-order chi connectivity index (χ1) is 16.2. The van der Waals surface area contributed by atoms with Crippen LogP contribution < -0.4 is 4.72 Å². The molecular formula is C28H28N2O3S. The fourth-order valence-electron chi connectivity index (χ4n) is 3.93. The lowest BCUT2D eigenvalue weighted by atomic mass is 10.0. The molecule has 0 fully saturated rings. The molecule has 5 nitrogen and oxygen atoms in total. The van der Waals surface area contributed by atoms with Crippen LogP contribution in [0.5, 0.6) is 5.75 Å². The minimum Gasteiger partial charge on any atom is -0.507 e. The summed E-state index contributed by atoms with van der Waals surface area (Å²) in [6.07, 6.45) is 1.57. The van der Waals surface area contributed by atoms with Crippen molar-refractivity contribution in [1.82, 2.24) is 0 Å². The second-order valence-corrected chi connectivity index (χ2v) is 10.4. The van der Waals surface area contributed by atoms with Crippen molar-refractivity contribution in [3.8, 4) is 16.9 Å². The highest BCUT2D eigenvalue weighted by atomic mass is 32.2. The minimum atomic E-state index is -3.80. The molecule has 0 amide bonds. The van der Waals surface area contributed by atoms with Gasteiger partial charge >= 0.3 is 0 Å². The van der Waals surface area contributed by atoms with E-state index in [4.69, 9.17) is 0 Å². The first kappa shape index (κ1) is 23.5. The summed E-state index contributed by atoms with van der Waals surface area (Å²) in [7, 11) is -3.80. The molecule has 34 heavy (non-hydrogen) atoms. The molecule has 0 atom stereocenters. The van der Waals surface area contributed by atoms with Crippen molar-refractivity contribution >= 4 is 27.6 Å². The third-order valence-corrected chi connectivity index (χ3v) is 7.29. The van der Waals surface area contributed by atoms with Crippen molar-refractivity contribution in [3.63, 3.8) is 0 Å². The summed E-state index contributed by atoms with van der Waals surface area (Å²) < 4.78 is 29.4. The number of benzene rings is 2. The summed E-state index contributed by atoms with van der Waals surface area (Å²) in [6, 6.07) is 21.6. The van der Waals surface area contributed by atoms with Crippen LogP contribution in [0.15, 0.2) is 82.7 Å². The number of sulfonamides is 1. The fourth-order valence-corrected chi connectivity index (χ4v) is 5.35. The topological polar surface area (TPSA) is 78.8 Å². The maximum atomic E-state index is 13.4. The maximum absolute atomic E-state index is 13.4. The minimum absolute atomic E-state index is 0.150. The number of rotatable bonds is 6. The molecule has 2 aromatic rings. The second-order valence-electron chi connectivity index (χ2n) is 8.77.